The van der Waals surface area contributed by atoms with Gasteiger partial charge in [0.25, 0.3) is 11.8 Å². The number of guanidine groups is 1. The molecule has 3 heterocycles. The van der Waals surface area contributed by atoms with Crippen LogP contribution in [0.25, 0.3) is 16.5 Å². The average molecular weight is 416 g/mol. The summed E-state index contributed by atoms with van der Waals surface area (Å²) in [6.07, 6.45) is 0.454. The van der Waals surface area contributed by atoms with Crippen LogP contribution in [-0.2, 0) is 9.59 Å². The molecule has 8 nitrogen and oxygen atoms in total. The number of hydrogen-bond acceptors (Lipinski definition) is 4. The van der Waals surface area contributed by atoms with Crippen molar-refractivity contribution in [1.29, 1.82) is 0 Å². The normalized spacial score (nSPS) is 19.5. The van der Waals surface area contributed by atoms with E-state index in [2.05, 4.69) is 41.9 Å². The van der Waals surface area contributed by atoms with Crippen molar-refractivity contribution in [2.45, 2.75) is 13.3 Å². The summed E-state index contributed by atoms with van der Waals surface area (Å²) >= 11 is 3.45. The Bertz CT molecular complexity index is 1050. The summed E-state index contributed by atoms with van der Waals surface area (Å²) in [4.78, 5) is 43.1. The molecule has 2 aliphatic heterocycles. The molecule has 0 saturated heterocycles. The fourth-order valence-electron chi connectivity index (χ4n) is 3.20. The molecule has 0 bridgehead atoms. The number of aliphatic imine (C=N–C) groups is 1. The first-order valence-corrected chi connectivity index (χ1v) is 8.74. The minimum absolute atomic E-state index is 0.0936. The number of aromatic amines is 1. The Balaban J connectivity index is 1.92. The molecule has 4 rings (SSSR count). The number of aromatic nitrogens is 1. The highest BCUT2D eigenvalue weighted by molar-refractivity contribution is 9.10. The monoisotopic (exact) mass is 415 g/mol. The molecule has 3 amide bonds. The van der Waals surface area contributed by atoms with E-state index in [4.69, 9.17) is 0 Å². The molecule has 1 aromatic carbocycles. The van der Waals surface area contributed by atoms with E-state index in [1.807, 2.05) is 18.2 Å². The molecule has 0 saturated carbocycles. The van der Waals surface area contributed by atoms with E-state index >= 15 is 0 Å². The molecule has 0 radical (unpaired) electrons. The summed E-state index contributed by atoms with van der Waals surface area (Å²) in [6.45, 7) is 1.73. The number of benzene rings is 1. The fourth-order valence-corrected chi connectivity index (χ4v) is 3.56. The van der Waals surface area contributed by atoms with Crippen LogP contribution in [-0.4, -0.2) is 35.2 Å². The SMILES string of the molecule is CC(=O)NC1=NC(=O)/C(=C2/CCNC(=O)c3[nH]c4ccc(Br)cc4c32)N1. The molecular weight excluding hydrogens is 402 g/mol. The number of carbonyl (C=O) groups is 3. The molecule has 9 heteroatoms. The second-order valence-corrected chi connectivity index (χ2v) is 6.91. The minimum Gasteiger partial charge on any atom is -0.350 e. The molecule has 2 aliphatic rings. The van der Waals surface area contributed by atoms with Crippen molar-refractivity contribution >= 4 is 56.1 Å². The molecule has 26 heavy (non-hydrogen) atoms. The Morgan fingerprint density at radius 2 is 2.12 bits per heavy atom. The van der Waals surface area contributed by atoms with Gasteiger partial charge in [-0.05, 0) is 30.2 Å². The largest absolute Gasteiger partial charge is 0.350 e. The smallest absolute Gasteiger partial charge is 0.297 e. The van der Waals surface area contributed by atoms with Crippen LogP contribution in [0.15, 0.2) is 33.4 Å². The Kier molecular flexibility index (Phi) is 3.87. The second-order valence-electron chi connectivity index (χ2n) is 6.00. The molecule has 0 spiro atoms. The maximum Gasteiger partial charge on any atom is 0.297 e. The molecular formula is C17H14BrN5O3. The van der Waals surface area contributed by atoms with Crippen LogP contribution in [0, 0.1) is 0 Å². The van der Waals surface area contributed by atoms with Gasteiger partial charge in [-0.25, -0.2) is 0 Å². The van der Waals surface area contributed by atoms with Gasteiger partial charge in [-0.15, -0.1) is 0 Å². The van der Waals surface area contributed by atoms with Crippen molar-refractivity contribution in [3.63, 3.8) is 0 Å². The van der Waals surface area contributed by atoms with Gasteiger partial charge in [0.2, 0.25) is 11.9 Å². The summed E-state index contributed by atoms with van der Waals surface area (Å²) < 4.78 is 0.863. The number of nitrogens with one attached hydrogen (secondary N) is 4. The number of fused-ring (bicyclic) bond motifs is 3. The lowest BCUT2D eigenvalue weighted by Crippen LogP contribution is -2.36. The van der Waals surface area contributed by atoms with Crippen molar-refractivity contribution in [3.05, 3.63) is 39.6 Å². The highest BCUT2D eigenvalue weighted by Gasteiger charge is 2.31. The Morgan fingerprint density at radius 3 is 2.88 bits per heavy atom. The molecule has 132 valence electrons. The lowest BCUT2D eigenvalue weighted by atomic mass is 9.97. The van der Waals surface area contributed by atoms with Crippen molar-refractivity contribution in [2.24, 2.45) is 4.99 Å². The standard InChI is InChI=1S/C17H14BrN5O3/c1-7(24)20-17-22-13(16(26)23-17)9-4-5-19-15(25)14-12(9)10-6-8(18)2-3-11(10)21-14/h2-3,6,21H,4-5H2,1H3,(H,19,25)(H2,20,22,23,24,26)/b13-9+. The van der Waals surface area contributed by atoms with Crippen molar-refractivity contribution in [1.82, 2.24) is 20.9 Å². The van der Waals surface area contributed by atoms with Crippen molar-refractivity contribution in [2.75, 3.05) is 6.54 Å². The first-order valence-electron chi connectivity index (χ1n) is 7.94. The Labute approximate surface area is 156 Å². The number of rotatable bonds is 0. The summed E-state index contributed by atoms with van der Waals surface area (Å²) in [7, 11) is 0. The van der Waals surface area contributed by atoms with E-state index in [-0.39, 0.29) is 23.5 Å². The lowest BCUT2D eigenvalue weighted by molar-refractivity contribution is -0.117. The van der Waals surface area contributed by atoms with E-state index in [0.29, 0.717) is 29.8 Å². The van der Waals surface area contributed by atoms with Crippen LogP contribution < -0.4 is 16.0 Å². The quantitative estimate of drug-likeness (QED) is 0.486. The van der Waals surface area contributed by atoms with Crippen LogP contribution in [0.1, 0.15) is 29.4 Å². The number of nitrogens with zero attached hydrogens (tertiary/aromatic N) is 1. The molecule has 0 unspecified atom stereocenters. The highest BCUT2D eigenvalue weighted by Crippen LogP contribution is 2.36. The van der Waals surface area contributed by atoms with Crippen LogP contribution in [0.3, 0.4) is 0 Å². The van der Waals surface area contributed by atoms with Gasteiger partial charge in [0.15, 0.2) is 0 Å². The molecule has 1 aromatic heterocycles. The van der Waals surface area contributed by atoms with Crippen molar-refractivity contribution in [3.8, 4) is 0 Å². The topological polar surface area (TPSA) is 115 Å². The number of carbonyl (C=O) groups excluding carboxylic acids is 3. The Morgan fingerprint density at radius 1 is 1.31 bits per heavy atom. The van der Waals surface area contributed by atoms with E-state index in [1.54, 1.807) is 0 Å². The van der Waals surface area contributed by atoms with Gasteiger partial charge >= 0.3 is 0 Å². The van der Waals surface area contributed by atoms with Crippen molar-refractivity contribution < 1.29 is 14.4 Å². The number of hydrogen-bond donors (Lipinski definition) is 4. The predicted octanol–water partition coefficient (Wildman–Crippen LogP) is 1.40. The summed E-state index contributed by atoms with van der Waals surface area (Å²) in [6, 6.07) is 5.64. The number of halogens is 1. The maximum absolute atomic E-state index is 12.4. The first kappa shape index (κ1) is 16.5. The molecule has 0 fully saturated rings. The van der Waals surface area contributed by atoms with E-state index in [1.165, 1.54) is 6.92 Å². The van der Waals surface area contributed by atoms with Gasteiger partial charge in [-0.2, -0.15) is 4.99 Å². The zero-order valence-electron chi connectivity index (χ0n) is 13.7. The zero-order valence-corrected chi connectivity index (χ0v) is 15.3. The molecule has 0 atom stereocenters. The molecule has 2 aromatic rings. The minimum atomic E-state index is -0.478. The fraction of sp³-hybridized carbons (Fsp3) is 0.176. The van der Waals surface area contributed by atoms with Gasteiger partial charge in [0.05, 0.1) is 0 Å². The van der Waals surface area contributed by atoms with Crippen LogP contribution >= 0.6 is 15.9 Å². The van der Waals surface area contributed by atoms with Crippen LogP contribution in [0.5, 0.6) is 0 Å². The zero-order chi connectivity index (χ0) is 18.4. The number of amides is 3. The van der Waals surface area contributed by atoms with Crippen LogP contribution in [0.4, 0.5) is 0 Å². The third kappa shape index (κ3) is 2.70. The van der Waals surface area contributed by atoms with Gasteiger partial charge in [-0.3, -0.25) is 19.7 Å². The predicted molar refractivity (Wildman–Crippen MR) is 99.3 cm³/mol. The van der Waals surface area contributed by atoms with Gasteiger partial charge in [-0.1, -0.05) is 15.9 Å². The lowest BCUT2D eigenvalue weighted by Gasteiger charge is -2.10. The maximum atomic E-state index is 12.4. The third-order valence-corrected chi connectivity index (χ3v) is 4.71. The Hall–Kier alpha value is -2.94. The number of H-pyrrole nitrogens is 1. The average Bonchev–Trinajstić information content (AvgIpc) is 3.06. The third-order valence-electron chi connectivity index (χ3n) is 4.22. The van der Waals surface area contributed by atoms with Gasteiger partial charge in [0.1, 0.15) is 11.4 Å². The highest BCUT2D eigenvalue weighted by atomic mass is 79.9. The molecule has 0 aliphatic carbocycles. The molecule has 4 N–H and O–H groups in total. The summed E-state index contributed by atoms with van der Waals surface area (Å²) in [5.74, 6) is -0.939. The van der Waals surface area contributed by atoms with Gasteiger partial charge in [0, 0.05) is 34.4 Å². The first-order chi connectivity index (χ1) is 12.4. The van der Waals surface area contributed by atoms with Gasteiger partial charge < -0.3 is 15.6 Å². The van der Waals surface area contributed by atoms with E-state index in [9.17, 15) is 14.4 Å². The van der Waals surface area contributed by atoms with E-state index < -0.39 is 5.91 Å². The van der Waals surface area contributed by atoms with Crippen LogP contribution in [0.2, 0.25) is 0 Å². The second kappa shape index (κ2) is 6.10. The van der Waals surface area contributed by atoms with E-state index in [0.717, 1.165) is 15.4 Å². The summed E-state index contributed by atoms with van der Waals surface area (Å²) in [5.41, 5.74) is 2.82. The summed E-state index contributed by atoms with van der Waals surface area (Å²) in [5, 5.41) is 9.01.